The maximum absolute atomic E-state index is 13.4. The maximum Gasteiger partial charge on any atom is 0.493 e. The van der Waals surface area contributed by atoms with E-state index in [2.05, 4.69) is 45.4 Å². The Bertz CT molecular complexity index is 1120. The molecule has 11 nitrogen and oxygen atoms in total. The van der Waals surface area contributed by atoms with Crippen molar-refractivity contribution in [1.82, 2.24) is 25.5 Å². The normalized spacial score (nSPS) is 12.1. The van der Waals surface area contributed by atoms with Crippen LogP contribution in [0.25, 0.3) is 0 Å². The number of halogens is 5. The lowest BCUT2D eigenvalue weighted by Gasteiger charge is -2.09. The first-order valence-corrected chi connectivity index (χ1v) is 9.21. The Labute approximate surface area is 178 Å². The number of nitrogens with two attached hydrogens (primary N) is 1. The molecule has 0 spiro atoms. The second kappa shape index (κ2) is 9.17. The number of thioether (sulfide) groups is 1. The van der Waals surface area contributed by atoms with Crippen molar-refractivity contribution in [2.75, 3.05) is 11.1 Å². The van der Waals surface area contributed by atoms with Crippen LogP contribution in [-0.2, 0) is 15.4 Å². The molecule has 0 saturated heterocycles. The quantitative estimate of drug-likeness (QED) is 0.120. The number of nitrogen functional groups attached to an aromatic ring is 1. The number of H-pyrrole nitrogens is 1. The number of amidine groups is 1. The van der Waals surface area contributed by atoms with Crippen LogP contribution in [0.15, 0.2) is 33.1 Å². The van der Waals surface area contributed by atoms with E-state index in [1.54, 1.807) is 0 Å². The van der Waals surface area contributed by atoms with Crippen LogP contribution in [0, 0.1) is 5.82 Å². The largest absolute Gasteiger partial charge is 0.493 e. The average molecular weight is 481 g/mol. The number of hydrogen-bond donors (Lipinski definition) is 3. The summed E-state index contributed by atoms with van der Waals surface area (Å²) in [6.45, 7) is 0. The van der Waals surface area contributed by atoms with Gasteiger partial charge in [-0.3, -0.25) is 0 Å². The molecule has 4 N–H and O–H groups in total. The summed E-state index contributed by atoms with van der Waals surface area (Å²) in [6.07, 6.45) is -5.29. The van der Waals surface area contributed by atoms with Crippen LogP contribution in [-0.4, -0.2) is 43.5 Å². The lowest BCUT2D eigenvalue weighted by Crippen LogP contribution is -2.25. The number of hydrogen-bond acceptors (Lipinski definition) is 10. The summed E-state index contributed by atoms with van der Waals surface area (Å²) >= 11 is 6.75. The maximum atomic E-state index is 13.4. The Morgan fingerprint density at radius 2 is 2.13 bits per heavy atom. The molecule has 0 bridgehead atoms. The zero-order chi connectivity index (χ0) is 22.6. The minimum atomic E-state index is -5.29. The van der Waals surface area contributed by atoms with Crippen LogP contribution in [0.2, 0.25) is 5.02 Å². The fourth-order valence-corrected chi connectivity index (χ4v) is 2.83. The summed E-state index contributed by atoms with van der Waals surface area (Å²) in [4.78, 5) is 17.6. The molecule has 17 heteroatoms. The first kappa shape index (κ1) is 22.3. The Morgan fingerprint density at radius 3 is 2.77 bits per heavy atom. The fourth-order valence-electron chi connectivity index (χ4n) is 1.92. The number of aromatic amines is 1. The third-order valence-corrected chi connectivity index (χ3v) is 4.41. The molecule has 0 aliphatic carbocycles. The second-order valence-corrected chi connectivity index (χ2v) is 6.81. The highest BCUT2D eigenvalue weighted by Crippen LogP contribution is 2.23. The smallest absolute Gasteiger partial charge is 0.368 e. The predicted octanol–water partition coefficient (Wildman–Crippen LogP) is 2.73. The molecule has 0 radical (unpaired) electrons. The van der Waals surface area contributed by atoms with E-state index in [1.807, 2.05) is 0 Å². The lowest BCUT2D eigenvalue weighted by molar-refractivity contribution is -0.199. The van der Waals surface area contributed by atoms with Gasteiger partial charge >= 0.3 is 12.1 Å². The van der Waals surface area contributed by atoms with Gasteiger partial charge in [-0.2, -0.15) is 13.2 Å². The minimum absolute atomic E-state index is 0.0333. The van der Waals surface area contributed by atoms with Gasteiger partial charge in [0.1, 0.15) is 11.5 Å². The zero-order valence-corrected chi connectivity index (χ0v) is 16.3. The number of carbonyl (C=O) groups excluding carboxylic acids is 1. The van der Waals surface area contributed by atoms with Gasteiger partial charge in [-0.1, -0.05) is 33.7 Å². The lowest BCUT2D eigenvalue weighted by atomic mass is 10.2. The van der Waals surface area contributed by atoms with Crippen LogP contribution in [0.5, 0.6) is 0 Å². The molecule has 0 fully saturated rings. The average Bonchev–Trinajstić information content (AvgIpc) is 3.33. The first-order valence-electron chi connectivity index (χ1n) is 7.84. The standard InChI is InChI=1S/C14H9ClF4N8O3S/c15-6-3-5(1-2-7(6)16)21-10(27-29-11(28)14(17,18)19)9-8(25-30-26-9)4-31-13-22-12(20)23-24-13/h1-3H,4H2,(H,21,27)(H3,20,22,23,24). The molecular weight excluding hydrogens is 472 g/mol. The zero-order valence-electron chi connectivity index (χ0n) is 14.8. The Morgan fingerprint density at radius 1 is 1.35 bits per heavy atom. The van der Waals surface area contributed by atoms with Crippen molar-refractivity contribution in [3.8, 4) is 0 Å². The number of aromatic nitrogens is 5. The third-order valence-electron chi connectivity index (χ3n) is 3.24. The number of oxime groups is 1. The number of nitrogens with zero attached hydrogens (tertiary/aromatic N) is 5. The van der Waals surface area contributed by atoms with E-state index in [4.69, 9.17) is 17.3 Å². The Balaban J connectivity index is 1.87. The third kappa shape index (κ3) is 5.82. The molecule has 0 unspecified atom stereocenters. The summed E-state index contributed by atoms with van der Waals surface area (Å²) in [7, 11) is 0. The van der Waals surface area contributed by atoms with Crippen molar-refractivity contribution < 1.29 is 31.8 Å². The van der Waals surface area contributed by atoms with E-state index >= 15 is 0 Å². The Hall–Kier alpha value is -3.40. The molecule has 3 aromatic rings. The molecule has 31 heavy (non-hydrogen) atoms. The van der Waals surface area contributed by atoms with Crippen LogP contribution < -0.4 is 11.1 Å². The van der Waals surface area contributed by atoms with E-state index in [0.717, 1.165) is 23.9 Å². The van der Waals surface area contributed by atoms with Gasteiger partial charge in [-0.15, -0.1) is 10.2 Å². The van der Waals surface area contributed by atoms with E-state index in [9.17, 15) is 22.4 Å². The first-order chi connectivity index (χ1) is 14.6. The molecule has 164 valence electrons. The van der Waals surface area contributed by atoms with Gasteiger partial charge in [0.15, 0.2) is 10.9 Å². The highest BCUT2D eigenvalue weighted by molar-refractivity contribution is 7.98. The molecule has 3 rings (SSSR count). The van der Waals surface area contributed by atoms with E-state index in [-0.39, 0.29) is 33.8 Å². The molecule has 0 aliphatic heterocycles. The van der Waals surface area contributed by atoms with Crippen molar-refractivity contribution in [3.05, 3.63) is 40.4 Å². The number of anilines is 2. The highest BCUT2D eigenvalue weighted by Gasteiger charge is 2.42. The van der Waals surface area contributed by atoms with Crippen molar-refractivity contribution in [1.29, 1.82) is 0 Å². The monoisotopic (exact) mass is 480 g/mol. The van der Waals surface area contributed by atoms with Gasteiger partial charge in [-0.25, -0.2) is 13.8 Å². The summed E-state index contributed by atoms with van der Waals surface area (Å²) in [6, 6.07) is 3.33. The number of benzene rings is 1. The van der Waals surface area contributed by atoms with Crippen LogP contribution in [0.3, 0.4) is 0 Å². The number of carbonyl (C=O) groups is 1. The van der Waals surface area contributed by atoms with Crippen molar-refractivity contribution in [2.24, 2.45) is 5.16 Å². The topological polar surface area (TPSA) is 157 Å². The SMILES string of the molecule is Nc1nnc(SCc2nonc2C(=NOC(=O)C(F)(F)F)Nc2ccc(F)c(Cl)c2)[nH]1. The van der Waals surface area contributed by atoms with E-state index in [1.165, 1.54) is 6.07 Å². The van der Waals surface area contributed by atoms with Gasteiger partial charge < -0.3 is 20.9 Å². The number of rotatable bonds is 6. The van der Waals surface area contributed by atoms with Gasteiger partial charge in [0.2, 0.25) is 11.8 Å². The molecule has 0 saturated carbocycles. The number of nitrogens with one attached hydrogen (secondary N) is 2. The van der Waals surface area contributed by atoms with Gasteiger partial charge in [0.05, 0.1) is 5.02 Å². The Kier molecular flexibility index (Phi) is 6.59. The molecule has 0 aliphatic rings. The van der Waals surface area contributed by atoms with Crippen LogP contribution >= 0.6 is 23.4 Å². The van der Waals surface area contributed by atoms with Gasteiger partial charge in [0.25, 0.3) is 0 Å². The second-order valence-electron chi connectivity index (χ2n) is 5.43. The van der Waals surface area contributed by atoms with Crippen LogP contribution in [0.1, 0.15) is 11.4 Å². The molecular formula is C14H9ClF4N8O3S. The summed E-state index contributed by atoms with van der Waals surface area (Å²) < 4.78 is 55.4. The fraction of sp³-hybridized carbons (Fsp3) is 0.143. The molecule has 0 amide bonds. The summed E-state index contributed by atoms with van der Waals surface area (Å²) in [5.74, 6) is -3.70. The molecule has 1 aromatic carbocycles. The minimum Gasteiger partial charge on any atom is -0.368 e. The van der Waals surface area contributed by atoms with Gasteiger partial charge in [-0.05, 0) is 23.4 Å². The van der Waals surface area contributed by atoms with E-state index < -0.39 is 23.8 Å². The van der Waals surface area contributed by atoms with Crippen molar-refractivity contribution in [3.63, 3.8) is 0 Å². The van der Waals surface area contributed by atoms with Crippen LogP contribution in [0.4, 0.5) is 29.2 Å². The molecule has 0 atom stereocenters. The van der Waals surface area contributed by atoms with Crippen molar-refractivity contribution >= 4 is 46.8 Å². The summed E-state index contributed by atoms with van der Waals surface area (Å²) in [5.41, 5.74) is 5.40. The van der Waals surface area contributed by atoms with Crippen molar-refractivity contribution in [2.45, 2.75) is 17.1 Å². The summed E-state index contributed by atoms with van der Waals surface area (Å²) in [5, 5.41) is 20.2. The van der Waals surface area contributed by atoms with E-state index in [0.29, 0.717) is 5.16 Å². The molecule has 2 aromatic heterocycles. The predicted molar refractivity (Wildman–Crippen MR) is 98.4 cm³/mol. The molecule has 2 heterocycles. The van der Waals surface area contributed by atoms with Gasteiger partial charge in [0, 0.05) is 11.4 Å². The number of alkyl halides is 3. The highest BCUT2D eigenvalue weighted by atomic mass is 35.5.